The van der Waals surface area contributed by atoms with Gasteiger partial charge in [0, 0.05) is 19.0 Å². The van der Waals surface area contributed by atoms with Crippen LogP contribution in [0.1, 0.15) is 78.1 Å². The quantitative estimate of drug-likeness (QED) is 0.726. The van der Waals surface area contributed by atoms with Gasteiger partial charge in [0.25, 0.3) is 0 Å². The van der Waals surface area contributed by atoms with Crippen LogP contribution in [0.25, 0.3) is 0 Å². The average molecular weight is 414 g/mol. The van der Waals surface area contributed by atoms with Gasteiger partial charge in [0.2, 0.25) is 15.9 Å². The molecule has 0 aromatic carbocycles. The molecule has 3 fully saturated rings. The lowest BCUT2D eigenvalue weighted by Gasteiger charge is -2.37. The Morgan fingerprint density at radius 2 is 1.64 bits per heavy atom. The van der Waals surface area contributed by atoms with Crippen LogP contribution in [0.2, 0.25) is 0 Å². The molecule has 0 aromatic rings. The lowest BCUT2D eigenvalue weighted by atomic mass is 9.87. The van der Waals surface area contributed by atoms with Gasteiger partial charge in [-0.2, -0.15) is 0 Å². The Kier molecular flexibility index (Phi) is 7.42. The van der Waals surface area contributed by atoms with E-state index in [1.807, 2.05) is 0 Å². The van der Waals surface area contributed by atoms with Crippen molar-refractivity contribution in [1.29, 1.82) is 0 Å². The third kappa shape index (κ3) is 5.28. The van der Waals surface area contributed by atoms with Crippen molar-refractivity contribution in [2.75, 3.05) is 13.6 Å². The lowest BCUT2D eigenvalue weighted by Crippen LogP contribution is -2.52. The summed E-state index contributed by atoms with van der Waals surface area (Å²) in [5, 5.41) is 6.09. The second kappa shape index (κ2) is 9.43. The molecule has 0 radical (unpaired) electrons. The fourth-order valence-electron chi connectivity index (χ4n) is 5.11. The number of nitrogens with one attached hydrogen (secondary N) is 2. The van der Waals surface area contributed by atoms with Crippen molar-refractivity contribution in [2.24, 2.45) is 17.8 Å². The first-order valence-electron chi connectivity index (χ1n) is 11.3. The largest absolute Gasteiger partial charge is 0.341 e. The van der Waals surface area contributed by atoms with Crippen molar-refractivity contribution in [3.63, 3.8) is 0 Å². The van der Waals surface area contributed by atoms with E-state index in [0.29, 0.717) is 24.7 Å². The number of hydrogen-bond acceptors (Lipinski definition) is 4. The Balaban J connectivity index is 1.56. The molecule has 162 valence electrons. The van der Waals surface area contributed by atoms with Crippen LogP contribution < -0.4 is 10.6 Å². The first kappa shape index (κ1) is 22.0. The van der Waals surface area contributed by atoms with Crippen LogP contribution in [-0.4, -0.2) is 49.7 Å². The van der Waals surface area contributed by atoms with Crippen LogP contribution in [0.5, 0.6) is 0 Å². The first-order valence-corrected chi connectivity index (χ1v) is 12.8. The average Bonchev–Trinajstić information content (AvgIpc) is 2.70. The number of piperidine rings is 1. The van der Waals surface area contributed by atoms with Crippen LogP contribution in [0.3, 0.4) is 0 Å². The lowest BCUT2D eigenvalue weighted by molar-refractivity contribution is -0.127. The molecule has 1 amide bonds. The van der Waals surface area contributed by atoms with Crippen LogP contribution in [0.4, 0.5) is 0 Å². The summed E-state index contributed by atoms with van der Waals surface area (Å²) in [6.45, 7) is 5.39. The molecule has 2 saturated carbocycles. The second-order valence-electron chi connectivity index (χ2n) is 9.61. The predicted octanol–water partition coefficient (Wildman–Crippen LogP) is 2.85. The van der Waals surface area contributed by atoms with E-state index in [-0.39, 0.29) is 24.0 Å². The van der Waals surface area contributed by atoms with Gasteiger partial charge in [-0.25, -0.2) is 12.7 Å². The summed E-state index contributed by atoms with van der Waals surface area (Å²) in [5.41, 5.74) is 0. The van der Waals surface area contributed by atoms with E-state index in [1.165, 1.54) is 0 Å². The number of carbonyl (C=O) groups is 1. The third-order valence-electron chi connectivity index (χ3n) is 7.30. The highest BCUT2D eigenvalue weighted by Crippen LogP contribution is 2.34. The van der Waals surface area contributed by atoms with Crippen LogP contribution in [0, 0.1) is 17.8 Å². The molecule has 0 spiro atoms. The second-order valence-corrected chi connectivity index (χ2v) is 11.9. The summed E-state index contributed by atoms with van der Waals surface area (Å²) in [6, 6.07) is 0.129. The highest BCUT2D eigenvalue weighted by molar-refractivity contribution is 7.89. The molecule has 1 aliphatic heterocycles. The fraction of sp³-hybridized carbons (Fsp3) is 0.952. The molecule has 0 aromatic heterocycles. The smallest absolute Gasteiger partial charge is 0.224 e. The molecule has 2 N–H and O–H groups in total. The molecule has 2 aliphatic carbocycles. The molecule has 1 heterocycles. The summed E-state index contributed by atoms with van der Waals surface area (Å²) in [4.78, 5) is 12.8. The van der Waals surface area contributed by atoms with Gasteiger partial charge in [0.15, 0.2) is 0 Å². The third-order valence-corrected chi connectivity index (χ3v) is 9.67. The summed E-state index contributed by atoms with van der Waals surface area (Å²) in [6.07, 6.45) is 8.97. The molecule has 3 rings (SSSR count). The molecule has 0 bridgehead atoms. The summed E-state index contributed by atoms with van der Waals surface area (Å²) in [7, 11) is -1.59. The zero-order valence-corrected chi connectivity index (χ0v) is 18.6. The predicted molar refractivity (Wildman–Crippen MR) is 112 cm³/mol. The number of hydrogen-bond donors (Lipinski definition) is 2. The van der Waals surface area contributed by atoms with Crippen molar-refractivity contribution < 1.29 is 13.2 Å². The van der Waals surface area contributed by atoms with Crippen LogP contribution in [-0.2, 0) is 14.8 Å². The summed E-state index contributed by atoms with van der Waals surface area (Å²) >= 11 is 0. The molecule has 28 heavy (non-hydrogen) atoms. The first-order chi connectivity index (χ1) is 13.3. The van der Waals surface area contributed by atoms with Crippen molar-refractivity contribution >= 4 is 15.9 Å². The van der Waals surface area contributed by atoms with Gasteiger partial charge in [-0.05, 0) is 76.2 Å². The van der Waals surface area contributed by atoms with E-state index in [2.05, 4.69) is 24.5 Å². The van der Waals surface area contributed by atoms with E-state index >= 15 is 0 Å². The fourth-order valence-corrected chi connectivity index (χ4v) is 7.15. The maximum Gasteiger partial charge on any atom is 0.224 e. The van der Waals surface area contributed by atoms with Gasteiger partial charge in [0.1, 0.15) is 0 Å². The van der Waals surface area contributed by atoms with Crippen molar-refractivity contribution in [1.82, 2.24) is 14.9 Å². The Hall–Kier alpha value is -0.660. The SMILES string of the molecule is CC1CCC(N(C)S(=O)(=O)C2CCCC(C(=O)NC3CCC(C)CN3)C2)CC1. The van der Waals surface area contributed by atoms with Crippen LogP contribution in [0.15, 0.2) is 0 Å². The molecule has 4 unspecified atom stereocenters. The molecule has 3 aliphatic rings. The highest BCUT2D eigenvalue weighted by atomic mass is 32.2. The minimum atomic E-state index is -3.35. The minimum absolute atomic E-state index is 0.0288. The maximum atomic E-state index is 13.2. The zero-order chi connectivity index (χ0) is 20.3. The van der Waals surface area contributed by atoms with E-state index < -0.39 is 15.3 Å². The molecular weight excluding hydrogens is 374 g/mol. The van der Waals surface area contributed by atoms with Gasteiger partial charge in [0.05, 0.1) is 11.4 Å². The minimum Gasteiger partial charge on any atom is -0.341 e. The van der Waals surface area contributed by atoms with Crippen molar-refractivity contribution in [3.8, 4) is 0 Å². The Morgan fingerprint density at radius 3 is 2.29 bits per heavy atom. The van der Waals surface area contributed by atoms with Gasteiger partial charge < -0.3 is 5.32 Å². The van der Waals surface area contributed by atoms with Gasteiger partial charge in [-0.3, -0.25) is 10.1 Å². The highest BCUT2D eigenvalue weighted by Gasteiger charge is 2.40. The monoisotopic (exact) mass is 413 g/mol. The van der Waals surface area contributed by atoms with Crippen molar-refractivity contribution in [2.45, 2.75) is 95.5 Å². The van der Waals surface area contributed by atoms with Crippen LogP contribution >= 0.6 is 0 Å². The summed E-state index contributed by atoms with van der Waals surface area (Å²) in [5.74, 6) is 1.19. The number of sulfonamides is 1. The molecular formula is C21H39N3O3S. The standard InChI is InChI=1S/C21H39N3O3S/c1-15-7-10-18(11-8-15)24(3)28(26,27)19-6-4-5-17(13-19)21(25)23-20-12-9-16(2)14-22-20/h15-20,22H,4-14H2,1-3H3,(H,23,25). The number of carbonyl (C=O) groups excluding carboxylic acids is 1. The van der Waals surface area contributed by atoms with Gasteiger partial charge in [-0.15, -0.1) is 0 Å². The van der Waals surface area contributed by atoms with Crippen molar-refractivity contribution in [3.05, 3.63) is 0 Å². The molecule has 1 saturated heterocycles. The van der Waals surface area contributed by atoms with E-state index in [9.17, 15) is 13.2 Å². The van der Waals surface area contributed by atoms with Gasteiger partial charge >= 0.3 is 0 Å². The van der Waals surface area contributed by atoms with E-state index in [0.717, 1.165) is 57.9 Å². The normalized spacial score (nSPS) is 37.6. The summed E-state index contributed by atoms with van der Waals surface area (Å²) < 4.78 is 28.1. The molecule has 7 heteroatoms. The Bertz CT molecular complexity index is 623. The number of nitrogens with zero attached hydrogens (tertiary/aromatic N) is 1. The van der Waals surface area contributed by atoms with Gasteiger partial charge in [-0.1, -0.05) is 20.3 Å². The zero-order valence-electron chi connectivity index (χ0n) is 17.8. The number of rotatable bonds is 5. The molecule has 4 atom stereocenters. The molecule has 6 nitrogen and oxygen atoms in total. The van der Waals surface area contributed by atoms with E-state index in [4.69, 9.17) is 0 Å². The topological polar surface area (TPSA) is 78.5 Å². The number of amides is 1. The maximum absolute atomic E-state index is 13.2. The van der Waals surface area contributed by atoms with E-state index in [1.54, 1.807) is 11.4 Å². The Labute approximate surface area is 171 Å². The Morgan fingerprint density at radius 1 is 0.964 bits per heavy atom.